The first-order chi connectivity index (χ1) is 30.2. The van der Waals surface area contributed by atoms with E-state index in [0.717, 1.165) is 49.6 Å². The van der Waals surface area contributed by atoms with Crippen molar-refractivity contribution in [1.82, 2.24) is 15.0 Å². The highest BCUT2D eigenvalue weighted by Gasteiger charge is 2.20. The Balaban J connectivity index is 0.977. The summed E-state index contributed by atoms with van der Waals surface area (Å²) in [5, 5.41) is 9.48. The lowest BCUT2D eigenvalue weighted by Gasteiger charge is -2.10. The average molecular weight is 814 g/mol. The molecule has 0 aliphatic carbocycles. The van der Waals surface area contributed by atoms with E-state index in [4.69, 9.17) is 19.4 Å². The van der Waals surface area contributed by atoms with Crippen molar-refractivity contribution in [2.45, 2.75) is 0 Å². The second-order valence-corrected chi connectivity index (χ2v) is 17.6. The van der Waals surface area contributed by atoms with Crippen LogP contribution in [-0.2, 0) is 0 Å². The van der Waals surface area contributed by atoms with Crippen LogP contribution in [0.15, 0.2) is 192 Å². The highest BCUT2D eigenvalue weighted by molar-refractivity contribution is 7.26. The molecule has 4 heterocycles. The first-order valence-electron chi connectivity index (χ1n) is 20.3. The molecule has 284 valence electrons. The summed E-state index contributed by atoms with van der Waals surface area (Å²) in [6.07, 6.45) is 0. The molecular formula is C55H31N3OS2. The Bertz CT molecular complexity index is 3900. The third-order valence-electron chi connectivity index (χ3n) is 11.9. The number of fused-ring (bicyclic) bond motifs is 10. The van der Waals surface area contributed by atoms with E-state index in [1.165, 1.54) is 62.4 Å². The van der Waals surface area contributed by atoms with Gasteiger partial charge >= 0.3 is 0 Å². The van der Waals surface area contributed by atoms with Gasteiger partial charge < -0.3 is 4.42 Å². The molecule has 4 aromatic heterocycles. The van der Waals surface area contributed by atoms with Crippen LogP contribution in [0.5, 0.6) is 0 Å². The Morgan fingerprint density at radius 2 is 1.00 bits per heavy atom. The fourth-order valence-corrected chi connectivity index (χ4v) is 11.5. The van der Waals surface area contributed by atoms with Crippen LogP contribution in [-0.4, -0.2) is 15.0 Å². The van der Waals surface area contributed by atoms with Gasteiger partial charge in [0.25, 0.3) is 0 Å². The number of furan rings is 1. The largest absolute Gasteiger partial charge is 0.456 e. The van der Waals surface area contributed by atoms with E-state index in [2.05, 4.69) is 146 Å². The molecule has 4 nitrogen and oxygen atoms in total. The number of hydrogen-bond acceptors (Lipinski definition) is 6. The van der Waals surface area contributed by atoms with E-state index in [-0.39, 0.29) is 0 Å². The molecule has 0 aliphatic heterocycles. The molecule has 9 aromatic carbocycles. The van der Waals surface area contributed by atoms with E-state index in [0.29, 0.717) is 17.5 Å². The van der Waals surface area contributed by atoms with Crippen LogP contribution >= 0.6 is 22.7 Å². The molecule has 0 bridgehead atoms. The molecular weight excluding hydrogens is 783 g/mol. The molecule has 13 rings (SSSR count). The SMILES string of the molecule is c1ccc(-c2nc(-c3ccc4ccccc4c3)nc(-c3cccc4oc5ccc(-c6cccc7sc8c(-c9ccc%10c(c9)sc9ccccc9%10)cccc8c67)cc5c34)n2)cc1. The molecule has 0 atom stereocenters. The Morgan fingerprint density at radius 1 is 0.328 bits per heavy atom. The zero-order chi connectivity index (χ0) is 40.0. The molecule has 0 saturated heterocycles. The van der Waals surface area contributed by atoms with Gasteiger partial charge in [-0.1, -0.05) is 146 Å². The summed E-state index contributed by atoms with van der Waals surface area (Å²) in [6.45, 7) is 0. The lowest BCUT2D eigenvalue weighted by atomic mass is 9.95. The minimum Gasteiger partial charge on any atom is -0.456 e. The van der Waals surface area contributed by atoms with Crippen molar-refractivity contribution < 1.29 is 4.42 Å². The fourth-order valence-electron chi connectivity index (χ4n) is 9.06. The Morgan fingerprint density at radius 3 is 1.93 bits per heavy atom. The third-order valence-corrected chi connectivity index (χ3v) is 14.3. The van der Waals surface area contributed by atoms with Gasteiger partial charge in [-0.25, -0.2) is 15.0 Å². The summed E-state index contributed by atoms with van der Waals surface area (Å²) in [4.78, 5) is 15.4. The van der Waals surface area contributed by atoms with Gasteiger partial charge in [0.05, 0.1) is 0 Å². The smallest absolute Gasteiger partial charge is 0.164 e. The van der Waals surface area contributed by atoms with Crippen molar-refractivity contribution in [2.75, 3.05) is 0 Å². The van der Waals surface area contributed by atoms with Crippen LogP contribution in [0, 0.1) is 0 Å². The van der Waals surface area contributed by atoms with E-state index in [1.807, 2.05) is 65.1 Å². The number of thiophene rings is 2. The quantitative estimate of drug-likeness (QED) is 0.174. The van der Waals surface area contributed by atoms with E-state index < -0.39 is 0 Å². The third kappa shape index (κ3) is 5.53. The summed E-state index contributed by atoms with van der Waals surface area (Å²) in [5.74, 6) is 1.85. The van der Waals surface area contributed by atoms with Gasteiger partial charge in [0.15, 0.2) is 17.5 Å². The molecule has 0 saturated carbocycles. The first-order valence-corrected chi connectivity index (χ1v) is 22.0. The highest BCUT2D eigenvalue weighted by Crippen LogP contribution is 2.46. The minimum atomic E-state index is 0.600. The van der Waals surface area contributed by atoms with Crippen LogP contribution in [0.3, 0.4) is 0 Å². The maximum atomic E-state index is 6.57. The topological polar surface area (TPSA) is 51.8 Å². The van der Waals surface area contributed by atoms with E-state index in [9.17, 15) is 0 Å². The summed E-state index contributed by atoms with van der Waals surface area (Å²) < 4.78 is 11.8. The minimum absolute atomic E-state index is 0.600. The van der Waals surface area contributed by atoms with E-state index >= 15 is 0 Å². The van der Waals surface area contributed by atoms with Crippen LogP contribution < -0.4 is 0 Å². The first kappa shape index (κ1) is 34.4. The monoisotopic (exact) mass is 813 g/mol. The van der Waals surface area contributed by atoms with Gasteiger partial charge in [-0.2, -0.15) is 0 Å². The molecule has 0 aliphatic rings. The molecule has 0 N–H and O–H groups in total. The fraction of sp³-hybridized carbons (Fsp3) is 0. The maximum Gasteiger partial charge on any atom is 0.164 e. The molecule has 6 heteroatoms. The van der Waals surface area contributed by atoms with Crippen molar-refractivity contribution >= 4 is 95.7 Å². The van der Waals surface area contributed by atoms with E-state index in [1.54, 1.807) is 0 Å². The molecule has 0 unspecified atom stereocenters. The maximum absolute atomic E-state index is 6.57. The summed E-state index contributed by atoms with van der Waals surface area (Å²) in [7, 11) is 0. The normalized spacial score (nSPS) is 11.9. The molecule has 61 heavy (non-hydrogen) atoms. The predicted octanol–water partition coefficient (Wildman–Crippen LogP) is 16.0. The van der Waals surface area contributed by atoms with Crippen molar-refractivity contribution in [3.63, 3.8) is 0 Å². The summed E-state index contributed by atoms with van der Waals surface area (Å²) >= 11 is 3.74. The summed E-state index contributed by atoms with van der Waals surface area (Å²) in [5.41, 5.74) is 9.21. The van der Waals surface area contributed by atoms with Gasteiger partial charge in [-0.3, -0.25) is 0 Å². The Kier molecular flexibility index (Phi) is 7.61. The Labute approximate surface area is 357 Å². The number of rotatable bonds is 5. The number of nitrogens with zero attached hydrogens (tertiary/aromatic N) is 3. The number of benzene rings is 9. The van der Waals surface area contributed by atoms with Crippen molar-refractivity contribution in [3.8, 4) is 56.4 Å². The predicted molar refractivity (Wildman–Crippen MR) is 258 cm³/mol. The van der Waals surface area contributed by atoms with Crippen molar-refractivity contribution in [3.05, 3.63) is 188 Å². The van der Waals surface area contributed by atoms with Crippen molar-refractivity contribution in [2.24, 2.45) is 0 Å². The molecule has 0 fully saturated rings. The van der Waals surface area contributed by atoms with Crippen LogP contribution in [0.1, 0.15) is 0 Å². The van der Waals surface area contributed by atoms with Gasteiger partial charge in [0.2, 0.25) is 0 Å². The standard InChI is InChI=1S/C55H31N3OS2/c1-2-12-33(13-3-1)53-56-54(37-24-23-32-11-4-5-14-34(32)29-37)58-55(57-53)43-19-9-20-46-50(43)44-30-35(26-28-45(44)59-46)38-16-10-22-48-51(38)42-18-8-17-39(52(42)61-48)36-25-27-41-40-15-6-7-21-47(40)60-49(41)31-36/h1-31H. The number of hydrogen-bond donors (Lipinski definition) is 0. The van der Waals surface area contributed by atoms with Crippen LogP contribution in [0.4, 0.5) is 0 Å². The molecule has 0 spiro atoms. The van der Waals surface area contributed by atoms with Gasteiger partial charge in [0, 0.05) is 67.8 Å². The second-order valence-electron chi connectivity index (χ2n) is 15.5. The lowest BCUT2D eigenvalue weighted by Crippen LogP contribution is -2.00. The van der Waals surface area contributed by atoms with Gasteiger partial charge in [-0.05, 0) is 75.5 Å². The van der Waals surface area contributed by atoms with Crippen molar-refractivity contribution in [1.29, 1.82) is 0 Å². The Hall–Kier alpha value is -7.51. The highest BCUT2D eigenvalue weighted by atomic mass is 32.1. The molecule has 0 amide bonds. The molecule has 0 radical (unpaired) electrons. The average Bonchev–Trinajstić information content (AvgIpc) is 4.02. The second kappa shape index (κ2) is 13.5. The zero-order valence-electron chi connectivity index (χ0n) is 32.5. The zero-order valence-corrected chi connectivity index (χ0v) is 34.1. The molecule has 13 aromatic rings. The summed E-state index contributed by atoms with van der Waals surface area (Å²) in [6, 6.07) is 66.7. The van der Waals surface area contributed by atoms with Crippen LogP contribution in [0.25, 0.3) is 129 Å². The lowest BCUT2D eigenvalue weighted by molar-refractivity contribution is 0.669. The van der Waals surface area contributed by atoms with Gasteiger partial charge in [-0.15, -0.1) is 22.7 Å². The van der Waals surface area contributed by atoms with Crippen LogP contribution in [0.2, 0.25) is 0 Å². The van der Waals surface area contributed by atoms with Gasteiger partial charge in [0.1, 0.15) is 11.2 Å². The number of aromatic nitrogens is 3.